The molecule has 4 rings (SSSR count). The van der Waals surface area contributed by atoms with Gasteiger partial charge in [-0.3, -0.25) is 0 Å². The summed E-state index contributed by atoms with van der Waals surface area (Å²) in [7, 11) is 2.64. The highest BCUT2D eigenvalue weighted by molar-refractivity contribution is 7.98. The molecule has 0 saturated heterocycles. The highest BCUT2D eigenvalue weighted by atomic mass is 32.2. The molecule has 3 nitrogen and oxygen atoms in total. The molecule has 0 N–H and O–H groups in total. The van der Waals surface area contributed by atoms with Crippen molar-refractivity contribution in [1.82, 2.24) is 15.0 Å². The zero-order chi connectivity index (χ0) is 18.7. The van der Waals surface area contributed by atoms with Gasteiger partial charge in [0.2, 0.25) is 0 Å². The first-order valence-corrected chi connectivity index (χ1v) is 12.4. The summed E-state index contributed by atoms with van der Waals surface area (Å²) in [6.07, 6.45) is 18.2. The Balaban J connectivity index is 0.000000159. The van der Waals surface area contributed by atoms with Gasteiger partial charge < -0.3 is 0 Å². The molecule has 0 aliphatic heterocycles. The van der Waals surface area contributed by atoms with E-state index in [1.807, 2.05) is 29.1 Å². The molecule has 0 amide bonds. The van der Waals surface area contributed by atoms with E-state index in [2.05, 4.69) is 31.7 Å². The molecule has 5 heteroatoms. The second-order valence-corrected chi connectivity index (χ2v) is 9.26. The second kappa shape index (κ2) is 11.9. The van der Waals surface area contributed by atoms with Crippen LogP contribution in [0.1, 0.15) is 69.9 Å². The van der Waals surface area contributed by atoms with E-state index in [0.717, 1.165) is 29.6 Å². The molecule has 0 radical (unpaired) electrons. The number of aromatic nitrogens is 3. The number of nitrogens with zero attached hydrogens (tertiary/aromatic N) is 3. The van der Waals surface area contributed by atoms with E-state index in [1.54, 1.807) is 37.4 Å². The molecule has 2 aliphatic carbocycles. The summed E-state index contributed by atoms with van der Waals surface area (Å²) in [6, 6.07) is 10.3. The van der Waals surface area contributed by atoms with E-state index in [9.17, 15) is 0 Å². The molecule has 0 spiro atoms. The molecule has 2 aliphatic rings. The van der Waals surface area contributed by atoms with Gasteiger partial charge in [0.05, 0.1) is 11.6 Å². The number of rotatable bonds is 5. The van der Waals surface area contributed by atoms with Crippen molar-refractivity contribution in [1.29, 1.82) is 0 Å². The van der Waals surface area contributed by atoms with Crippen LogP contribution >= 0.6 is 21.0 Å². The van der Waals surface area contributed by atoms with Gasteiger partial charge in [-0.15, -0.1) is 26.1 Å². The normalized spacial score (nSPS) is 18.7. The molecular weight excluding hydrogens is 369 g/mol. The number of hydrogen-bond acceptors (Lipinski definition) is 3. The predicted molar refractivity (Wildman–Crippen MR) is 119 cm³/mol. The second-order valence-electron chi connectivity index (χ2n) is 7.84. The van der Waals surface area contributed by atoms with Gasteiger partial charge in [0.1, 0.15) is 0 Å². The Morgan fingerprint density at radius 1 is 0.889 bits per heavy atom. The smallest absolute Gasteiger partial charge is 0.0927 e. The van der Waals surface area contributed by atoms with Gasteiger partial charge >= 0.3 is 0 Å². The van der Waals surface area contributed by atoms with E-state index in [1.165, 1.54) is 43.4 Å². The predicted octanol–water partition coefficient (Wildman–Crippen LogP) is 6.55. The van der Waals surface area contributed by atoms with Gasteiger partial charge in [-0.05, 0) is 24.0 Å². The molecule has 1 aromatic heterocycles. The van der Waals surface area contributed by atoms with Gasteiger partial charge in [0.25, 0.3) is 0 Å². The third-order valence-corrected chi connectivity index (χ3v) is 7.29. The first-order chi connectivity index (χ1) is 13.3. The van der Waals surface area contributed by atoms with E-state index in [-0.39, 0.29) is 0 Å². The summed E-state index contributed by atoms with van der Waals surface area (Å²) < 4.78 is 1.86. The maximum absolute atomic E-state index is 4.03. The molecule has 1 heterocycles. The Kier molecular flexibility index (Phi) is 9.17. The van der Waals surface area contributed by atoms with Crippen LogP contribution in [0, 0.1) is 11.8 Å². The Morgan fingerprint density at radius 2 is 1.48 bits per heavy atom. The molecule has 1 atom stereocenters. The van der Waals surface area contributed by atoms with Crippen molar-refractivity contribution in [2.45, 2.75) is 81.1 Å². The molecule has 0 bridgehead atoms. The highest BCUT2D eigenvalue weighted by Crippen LogP contribution is 2.37. The number of thioether (sulfide) groups is 1. The van der Waals surface area contributed by atoms with E-state index < -0.39 is 0 Å². The van der Waals surface area contributed by atoms with Crippen molar-refractivity contribution in [3.63, 3.8) is 0 Å². The van der Waals surface area contributed by atoms with Gasteiger partial charge in [0.15, 0.2) is 0 Å². The average Bonchev–Trinajstić information content (AvgIpc) is 3.23. The molecule has 2 fully saturated rings. The summed E-state index contributed by atoms with van der Waals surface area (Å²) in [4.78, 5) is 1.25. The van der Waals surface area contributed by atoms with E-state index >= 15 is 0 Å². The molecule has 2 saturated carbocycles. The first-order valence-electron chi connectivity index (χ1n) is 10.6. The Morgan fingerprint density at radius 3 is 2.00 bits per heavy atom. The first kappa shape index (κ1) is 20.9. The summed E-state index contributed by atoms with van der Waals surface area (Å²) in [5.41, 5.74) is 1.01. The Hall–Kier alpha value is -0.860. The van der Waals surface area contributed by atoms with Crippen molar-refractivity contribution in [2.75, 3.05) is 0 Å². The maximum atomic E-state index is 4.03. The Labute approximate surface area is 171 Å². The van der Waals surface area contributed by atoms with Crippen LogP contribution in [0.5, 0.6) is 0 Å². The van der Waals surface area contributed by atoms with Crippen LogP contribution in [0.4, 0.5) is 0 Å². The molecule has 1 aromatic carbocycles. The fraction of sp³-hybridized carbons (Fsp3) is 0.636. The minimum Gasteiger partial charge on any atom is -0.242 e. The van der Waals surface area contributed by atoms with Crippen molar-refractivity contribution < 1.29 is 0 Å². The van der Waals surface area contributed by atoms with Crippen LogP contribution in [0.3, 0.4) is 0 Å². The van der Waals surface area contributed by atoms with Crippen molar-refractivity contribution in [3.8, 4) is 0 Å². The fourth-order valence-electron chi connectivity index (χ4n) is 4.36. The third-order valence-electron chi connectivity index (χ3n) is 5.87. The zero-order valence-corrected chi connectivity index (χ0v) is 18.4. The summed E-state index contributed by atoms with van der Waals surface area (Å²) in [5.74, 6) is 3.08. The lowest BCUT2D eigenvalue weighted by atomic mass is 9.73. The van der Waals surface area contributed by atoms with Crippen LogP contribution in [0.25, 0.3) is 0 Å². The molecule has 148 valence electrons. The zero-order valence-electron chi connectivity index (χ0n) is 16.4. The van der Waals surface area contributed by atoms with E-state index in [0.29, 0.717) is 0 Å². The van der Waals surface area contributed by atoms with E-state index in [4.69, 9.17) is 0 Å². The minimum absolute atomic E-state index is 0.807. The lowest BCUT2D eigenvalue weighted by Gasteiger charge is -2.32. The van der Waals surface area contributed by atoms with Gasteiger partial charge in [-0.2, -0.15) is 0 Å². The highest BCUT2D eigenvalue weighted by Gasteiger charge is 2.24. The van der Waals surface area contributed by atoms with Crippen LogP contribution in [0.15, 0.2) is 41.4 Å². The molecule has 2 aromatic rings. The van der Waals surface area contributed by atoms with Crippen molar-refractivity contribution in [2.24, 2.45) is 11.8 Å². The lowest BCUT2D eigenvalue weighted by Crippen LogP contribution is -2.20. The maximum Gasteiger partial charge on any atom is 0.0927 e. The van der Waals surface area contributed by atoms with Gasteiger partial charge in [-0.1, -0.05) is 87.6 Å². The topological polar surface area (TPSA) is 30.7 Å². The van der Waals surface area contributed by atoms with Crippen LogP contribution in [-0.2, 0) is 12.0 Å². The standard InChI is InChI=1S/C12H22.C10H12N3PS/c1-3-7-11(8-4-1)12-9-5-2-6-10-12;14-7-9-6-13(12-11-9)8-15-10-4-2-1-3-5-10/h11-12H,1-10H2;1-6H,7-8,14H2. The lowest BCUT2D eigenvalue weighted by molar-refractivity contribution is 0.196. The van der Waals surface area contributed by atoms with Crippen LogP contribution < -0.4 is 0 Å². The van der Waals surface area contributed by atoms with Crippen molar-refractivity contribution >= 4 is 21.0 Å². The third kappa shape index (κ3) is 7.23. The summed E-state index contributed by atoms with van der Waals surface area (Å²) in [6.45, 7) is 0. The monoisotopic (exact) mass is 403 g/mol. The summed E-state index contributed by atoms with van der Waals surface area (Å²) >= 11 is 1.75. The number of hydrogen-bond donors (Lipinski definition) is 0. The molecule has 1 unspecified atom stereocenters. The summed E-state index contributed by atoms with van der Waals surface area (Å²) in [5, 5.41) is 8.06. The largest absolute Gasteiger partial charge is 0.242 e. The average molecular weight is 404 g/mol. The fourth-order valence-corrected chi connectivity index (χ4v) is 5.31. The minimum atomic E-state index is 0.807. The SMILES string of the molecule is C1CCC(C2CCCCC2)CC1.PCc1cn(CSc2ccccc2)nn1. The number of benzene rings is 1. The Bertz CT molecular complexity index is 618. The molecular formula is C22H34N3PS. The van der Waals surface area contributed by atoms with Gasteiger partial charge in [-0.25, -0.2) is 4.68 Å². The molecule has 27 heavy (non-hydrogen) atoms. The van der Waals surface area contributed by atoms with Crippen molar-refractivity contribution in [3.05, 3.63) is 42.2 Å². The van der Waals surface area contributed by atoms with Gasteiger partial charge in [0, 0.05) is 17.3 Å². The quantitative estimate of drug-likeness (QED) is 0.419. The van der Waals surface area contributed by atoms with Crippen LogP contribution in [-0.4, -0.2) is 15.0 Å². The van der Waals surface area contributed by atoms with Crippen LogP contribution in [0.2, 0.25) is 0 Å².